The first-order valence-electron chi connectivity index (χ1n) is 7.37. The second kappa shape index (κ2) is 9.50. The van der Waals surface area contributed by atoms with Crippen LogP contribution in [-0.4, -0.2) is 34.4 Å². The van der Waals surface area contributed by atoms with Gasteiger partial charge < -0.3 is 5.32 Å². The van der Waals surface area contributed by atoms with Crippen LogP contribution in [0.4, 0.5) is 29.1 Å². The third-order valence-corrected chi connectivity index (χ3v) is 3.52. The first-order valence-corrected chi connectivity index (χ1v) is 8.25. The number of halogens is 4. The fraction of sp³-hybridized carbons (Fsp3) is 0.308. The highest BCUT2D eigenvalue weighted by Crippen LogP contribution is 2.33. The van der Waals surface area contributed by atoms with Crippen LogP contribution in [0.15, 0.2) is 27.8 Å². The lowest BCUT2D eigenvalue weighted by molar-refractivity contribution is -0.139. The maximum atomic E-state index is 13.4. The molecule has 0 fully saturated rings. The van der Waals surface area contributed by atoms with Crippen molar-refractivity contribution in [3.8, 4) is 0 Å². The molecular weight excluding hydrogens is 394 g/mol. The van der Waals surface area contributed by atoms with E-state index in [9.17, 15) is 22.8 Å². The number of alkyl halides is 3. The van der Waals surface area contributed by atoms with Crippen molar-refractivity contribution in [2.45, 2.75) is 12.6 Å². The van der Waals surface area contributed by atoms with E-state index in [1.54, 1.807) is 5.48 Å². The van der Waals surface area contributed by atoms with Crippen molar-refractivity contribution in [1.29, 1.82) is 0 Å². The molecule has 0 amide bonds. The van der Waals surface area contributed by atoms with Crippen molar-refractivity contribution in [2.75, 3.05) is 18.4 Å². The highest BCUT2D eigenvalue weighted by atomic mass is 32.2. The van der Waals surface area contributed by atoms with E-state index in [4.69, 9.17) is 5.14 Å². The molecular formula is C13H15F4N7O2S. The van der Waals surface area contributed by atoms with Crippen molar-refractivity contribution >= 4 is 29.5 Å². The van der Waals surface area contributed by atoms with Crippen LogP contribution < -0.4 is 20.7 Å². The molecule has 0 bridgehead atoms. The van der Waals surface area contributed by atoms with Gasteiger partial charge in [0, 0.05) is 25.2 Å². The van der Waals surface area contributed by atoms with Gasteiger partial charge in [0.05, 0.1) is 11.3 Å². The second-order valence-corrected chi connectivity index (χ2v) is 5.51. The van der Waals surface area contributed by atoms with Crippen LogP contribution in [0.25, 0.3) is 0 Å². The number of rotatable bonds is 8. The molecule has 0 saturated carbocycles. The van der Waals surface area contributed by atoms with Gasteiger partial charge in [0.1, 0.15) is 5.82 Å². The van der Waals surface area contributed by atoms with Gasteiger partial charge in [-0.3, -0.25) is 20.5 Å². The fourth-order valence-corrected chi connectivity index (χ4v) is 2.21. The van der Waals surface area contributed by atoms with Crippen LogP contribution in [0.5, 0.6) is 0 Å². The molecule has 148 valence electrons. The molecule has 9 nitrogen and oxygen atoms in total. The van der Waals surface area contributed by atoms with E-state index in [0.29, 0.717) is 31.6 Å². The minimum Gasteiger partial charge on any atom is -0.365 e. The lowest BCUT2D eigenvalue weighted by Crippen LogP contribution is -2.22. The SMILES string of the molecule is NSNCCCNc1nonc1C(=Nc1ccc(F)c(C(F)(F)F)c1)NO. The van der Waals surface area contributed by atoms with Gasteiger partial charge in [-0.2, -0.15) is 13.2 Å². The minimum absolute atomic E-state index is 0.0726. The summed E-state index contributed by atoms with van der Waals surface area (Å²) in [6, 6.07) is 2.14. The lowest BCUT2D eigenvalue weighted by atomic mass is 10.2. The Morgan fingerprint density at radius 1 is 1.30 bits per heavy atom. The quantitative estimate of drug-likeness (QED) is 0.111. The normalized spacial score (nSPS) is 12.3. The third-order valence-electron chi connectivity index (χ3n) is 3.15. The van der Waals surface area contributed by atoms with Crippen molar-refractivity contribution in [3.05, 3.63) is 35.3 Å². The van der Waals surface area contributed by atoms with Gasteiger partial charge in [-0.1, -0.05) is 0 Å². The Balaban J connectivity index is 2.21. The summed E-state index contributed by atoms with van der Waals surface area (Å²) in [5.74, 6) is -1.67. The van der Waals surface area contributed by atoms with E-state index >= 15 is 0 Å². The van der Waals surface area contributed by atoms with E-state index in [-0.39, 0.29) is 23.0 Å². The first kappa shape index (κ1) is 20.9. The largest absolute Gasteiger partial charge is 0.419 e. The summed E-state index contributed by atoms with van der Waals surface area (Å²) in [4.78, 5) is 3.81. The molecule has 0 spiro atoms. The average molecular weight is 409 g/mol. The number of hydrogen-bond donors (Lipinski definition) is 5. The summed E-state index contributed by atoms with van der Waals surface area (Å²) in [6.45, 7) is 1.03. The summed E-state index contributed by atoms with van der Waals surface area (Å²) in [6.07, 6.45) is -4.23. The highest BCUT2D eigenvalue weighted by Gasteiger charge is 2.34. The topological polar surface area (TPSA) is 134 Å². The zero-order valence-corrected chi connectivity index (χ0v) is 14.4. The number of amidine groups is 1. The molecule has 0 aliphatic rings. The Labute approximate surface area is 154 Å². The summed E-state index contributed by atoms with van der Waals surface area (Å²) in [7, 11) is 0. The predicted octanol–water partition coefficient (Wildman–Crippen LogP) is 2.20. The number of aromatic nitrogens is 2. The average Bonchev–Trinajstić information content (AvgIpc) is 3.08. The monoisotopic (exact) mass is 409 g/mol. The number of benzene rings is 1. The number of nitrogens with zero attached hydrogens (tertiary/aromatic N) is 3. The predicted molar refractivity (Wildman–Crippen MR) is 89.7 cm³/mol. The van der Waals surface area contributed by atoms with Gasteiger partial charge in [-0.25, -0.2) is 14.0 Å². The van der Waals surface area contributed by atoms with Gasteiger partial charge >= 0.3 is 6.18 Å². The Hall–Kier alpha value is -2.42. The Bertz CT molecular complexity index is 784. The van der Waals surface area contributed by atoms with Crippen molar-refractivity contribution < 1.29 is 27.4 Å². The zero-order valence-electron chi connectivity index (χ0n) is 13.5. The van der Waals surface area contributed by atoms with Crippen LogP contribution in [0.1, 0.15) is 17.7 Å². The van der Waals surface area contributed by atoms with Crippen molar-refractivity contribution in [1.82, 2.24) is 20.5 Å². The molecule has 0 radical (unpaired) electrons. The number of anilines is 1. The Morgan fingerprint density at radius 3 is 2.74 bits per heavy atom. The van der Waals surface area contributed by atoms with Gasteiger partial charge in [0.25, 0.3) is 0 Å². The highest BCUT2D eigenvalue weighted by molar-refractivity contribution is 7.95. The second-order valence-electron chi connectivity index (χ2n) is 4.99. The smallest absolute Gasteiger partial charge is 0.365 e. The molecule has 14 heteroatoms. The van der Waals surface area contributed by atoms with Crippen molar-refractivity contribution in [3.63, 3.8) is 0 Å². The minimum atomic E-state index is -4.89. The zero-order chi connectivity index (χ0) is 19.9. The molecule has 1 heterocycles. The number of aliphatic imine (C=N–C) groups is 1. The van der Waals surface area contributed by atoms with Gasteiger partial charge in [0.15, 0.2) is 11.5 Å². The molecule has 1 aromatic heterocycles. The van der Waals surface area contributed by atoms with Crippen LogP contribution >= 0.6 is 12.1 Å². The number of hydrogen-bond acceptors (Lipinski definition) is 9. The molecule has 0 unspecified atom stereocenters. The number of hydroxylamine groups is 1. The van der Waals surface area contributed by atoms with E-state index in [0.717, 1.165) is 18.2 Å². The number of nitrogens with one attached hydrogen (secondary N) is 3. The maximum Gasteiger partial charge on any atom is 0.419 e. The standard InChI is InChI=1S/C13H15F4N7O2S/c14-9-3-2-7(6-8(9)13(15,16)17)21-12(22-25)10-11(24-26-23-10)19-4-1-5-20-27-18/h2-3,6,20,25H,1,4-5,18H2,(H,19,24)(H,21,22). The summed E-state index contributed by atoms with van der Waals surface area (Å²) in [5.41, 5.74) is -0.104. The molecule has 27 heavy (non-hydrogen) atoms. The molecule has 2 rings (SSSR count). The lowest BCUT2D eigenvalue weighted by Gasteiger charge is -2.09. The summed E-state index contributed by atoms with van der Waals surface area (Å²) >= 11 is 0.973. The molecule has 1 aromatic carbocycles. The molecule has 6 N–H and O–H groups in total. The van der Waals surface area contributed by atoms with E-state index < -0.39 is 17.6 Å². The Morgan fingerprint density at radius 2 is 2.07 bits per heavy atom. The van der Waals surface area contributed by atoms with E-state index in [1.807, 2.05) is 0 Å². The Kier molecular flexibility index (Phi) is 7.35. The summed E-state index contributed by atoms with van der Waals surface area (Å²) < 4.78 is 59.1. The molecule has 0 aliphatic heterocycles. The molecule has 0 atom stereocenters. The third kappa shape index (κ3) is 5.78. The number of nitrogens with two attached hydrogens (primary N) is 1. The molecule has 0 saturated heterocycles. The van der Waals surface area contributed by atoms with Crippen LogP contribution in [-0.2, 0) is 6.18 Å². The van der Waals surface area contributed by atoms with E-state index in [1.165, 1.54) is 0 Å². The molecule has 2 aromatic rings. The van der Waals surface area contributed by atoms with Crippen LogP contribution in [0.3, 0.4) is 0 Å². The fourth-order valence-electron chi connectivity index (χ4n) is 1.95. The van der Waals surface area contributed by atoms with Crippen LogP contribution in [0, 0.1) is 5.82 Å². The van der Waals surface area contributed by atoms with E-state index in [2.05, 4.69) is 30.0 Å². The van der Waals surface area contributed by atoms with Gasteiger partial charge in [-0.05, 0) is 34.9 Å². The summed E-state index contributed by atoms with van der Waals surface area (Å²) in [5, 5.41) is 24.5. The van der Waals surface area contributed by atoms with Gasteiger partial charge in [0.2, 0.25) is 5.82 Å². The van der Waals surface area contributed by atoms with Crippen LogP contribution in [0.2, 0.25) is 0 Å². The maximum absolute atomic E-state index is 13.4. The van der Waals surface area contributed by atoms with Crippen molar-refractivity contribution in [2.24, 2.45) is 10.1 Å². The molecule has 0 aliphatic carbocycles. The first-order chi connectivity index (χ1) is 12.9. The van der Waals surface area contributed by atoms with Gasteiger partial charge in [-0.15, -0.1) is 0 Å².